The first-order chi connectivity index (χ1) is 11.7. The van der Waals surface area contributed by atoms with E-state index >= 15 is 0 Å². The van der Waals surface area contributed by atoms with Crippen molar-refractivity contribution in [1.29, 1.82) is 5.26 Å². The number of pyridine rings is 1. The fraction of sp³-hybridized carbons (Fsp3) is 0.278. The molecule has 1 aromatic carbocycles. The summed E-state index contributed by atoms with van der Waals surface area (Å²) in [5.41, 5.74) is 1.84. The lowest BCUT2D eigenvalue weighted by Gasteiger charge is -2.25. The molecular formula is C18H17N3O3. The molecule has 6 nitrogen and oxygen atoms in total. The highest BCUT2D eigenvalue weighted by molar-refractivity contribution is 5.93. The minimum absolute atomic E-state index is 0.201. The van der Waals surface area contributed by atoms with Crippen molar-refractivity contribution in [3.63, 3.8) is 0 Å². The smallest absolute Gasteiger partial charge is 0.252 e. The molecule has 1 aliphatic heterocycles. The lowest BCUT2D eigenvalue weighted by molar-refractivity contribution is 0.0938. The number of carbonyl (C=O) groups is 1. The summed E-state index contributed by atoms with van der Waals surface area (Å²) < 4.78 is 11.0. The lowest BCUT2D eigenvalue weighted by Crippen LogP contribution is -2.34. The second kappa shape index (κ2) is 7.01. The number of amides is 1. The molecule has 1 aromatic heterocycles. The van der Waals surface area contributed by atoms with Gasteiger partial charge < -0.3 is 14.8 Å². The Kier molecular flexibility index (Phi) is 4.62. The second-order valence-corrected chi connectivity index (χ2v) is 5.61. The van der Waals surface area contributed by atoms with Gasteiger partial charge in [-0.05, 0) is 30.2 Å². The summed E-state index contributed by atoms with van der Waals surface area (Å²) in [6, 6.07) is 10.8. The number of nitrogens with one attached hydrogen (secondary N) is 1. The van der Waals surface area contributed by atoms with Gasteiger partial charge in [-0.15, -0.1) is 0 Å². The molecule has 0 saturated carbocycles. The molecule has 3 rings (SSSR count). The van der Waals surface area contributed by atoms with E-state index in [2.05, 4.69) is 10.3 Å². The second-order valence-electron chi connectivity index (χ2n) is 5.61. The number of carbonyl (C=O) groups excluding carboxylic acids is 1. The summed E-state index contributed by atoms with van der Waals surface area (Å²) in [4.78, 5) is 16.0. The Morgan fingerprint density at radius 3 is 3.04 bits per heavy atom. The summed E-state index contributed by atoms with van der Waals surface area (Å²) in [5, 5.41) is 11.6. The zero-order chi connectivity index (χ0) is 16.9. The van der Waals surface area contributed by atoms with Crippen LogP contribution in [0.1, 0.15) is 21.6 Å². The Morgan fingerprint density at radius 2 is 2.33 bits per heavy atom. The molecule has 0 radical (unpaired) electrons. The van der Waals surface area contributed by atoms with Crippen molar-refractivity contribution >= 4 is 5.91 Å². The largest absolute Gasteiger partial charge is 0.497 e. The van der Waals surface area contributed by atoms with Crippen LogP contribution < -0.4 is 14.8 Å². The Balaban J connectivity index is 1.57. The van der Waals surface area contributed by atoms with Crippen LogP contribution in [-0.2, 0) is 6.42 Å². The molecule has 0 fully saturated rings. The van der Waals surface area contributed by atoms with Gasteiger partial charge in [0.15, 0.2) is 0 Å². The molecule has 2 heterocycles. The quantitative estimate of drug-likeness (QED) is 0.929. The van der Waals surface area contributed by atoms with Gasteiger partial charge in [-0.25, -0.2) is 4.98 Å². The van der Waals surface area contributed by atoms with Crippen LogP contribution >= 0.6 is 0 Å². The fourth-order valence-corrected chi connectivity index (χ4v) is 2.61. The predicted molar refractivity (Wildman–Crippen MR) is 87.0 cm³/mol. The number of hydrogen-bond donors (Lipinski definition) is 1. The number of benzene rings is 1. The van der Waals surface area contributed by atoms with Crippen molar-refractivity contribution in [2.45, 2.75) is 6.42 Å². The third-order valence-corrected chi connectivity index (χ3v) is 3.95. The zero-order valence-electron chi connectivity index (χ0n) is 13.3. The van der Waals surface area contributed by atoms with Crippen molar-refractivity contribution in [2.24, 2.45) is 5.92 Å². The zero-order valence-corrected chi connectivity index (χ0v) is 13.3. The molecule has 0 saturated heterocycles. The van der Waals surface area contributed by atoms with Crippen LogP contribution in [0.3, 0.4) is 0 Å². The topological polar surface area (TPSA) is 84.2 Å². The third-order valence-electron chi connectivity index (χ3n) is 3.95. The number of fused-ring (bicyclic) bond motifs is 1. The van der Waals surface area contributed by atoms with Crippen LogP contribution in [0.4, 0.5) is 0 Å². The van der Waals surface area contributed by atoms with E-state index in [-0.39, 0.29) is 11.8 Å². The van der Waals surface area contributed by atoms with Crippen LogP contribution in [0, 0.1) is 17.2 Å². The van der Waals surface area contributed by atoms with Gasteiger partial charge in [0.2, 0.25) is 0 Å². The highest BCUT2D eigenvalue weighted by Gasteiger charge is 2.21. The lowest BCUT2D eigenvalue weighted by atomic mass is 9.96. The normalized spacial score (nSPS) is 15.6. The molecule has 1 amide bonds. The third kappa shape index (κ3) is 3.46. The molecule has 1 atom stereocenters. The van der Waals surface area contributed by atoms with Gasteiger partial charge in [-0.3, -0.25) is 4.79 Å². The number of rotatable bonds is 4. The van der Waals surface area contributed by atoms with Crippen LogP contribution in [0.5, 0.6) is 11.5 Å². The summed E-state index contributed by atoms with van der Waals surface area (Å²) in [5.74, 6) is 1.62. The van der Waals surface area contributed by atoms with E-state index in [0.29, 0.717) is 24.4 Å². The maximum atomic E-state index is 12.1. The number of hydrogen-bond acceptors (Lipinski definition) is 5. The molecule has 0 bridgehead atoms. The van der Waals surface area contributed by atoms with E-state index in [0.717, 1.165) is 23.5 Å². The Hall–Kier alpha value is -3.07. The molecule has 0 aliphatic carbocycles. The van der Waals surface area contributed by atoms with Crippen molar-refractivity contribution in [1.82, 2.24) is 10.3 Å². The number of nitriles is 1. The molecule has 1 N–H and O–H groups in total. The number of aromatic nitrogens is 1. The van der Waals surface area contributed by atoms with E-state index in [4.69, 9.17) is 14.7 Å². The SMILES string of the molecule is COc1ccc2c(c1)OCC(CNC(=O)c1ccc(C#N)nc1)C2. The van der Waals surface area contributed by atoms with Crippen LogP contribution in [0.2, 0.25) is 0 Å². The molecule has 122 valence electrons. The van der Waals surface area contributed by atoms with Crippen molar-refractivity contribution in [3.05, 3.63) is 53.3 Å². The van der Waals surface area contributed by atoms with Gasteiger partial charge in [0.05, 0.1) is 19.3 Å². The van der Waals surface area contributed by atoms with Gasteiger partial charge in [0, 0.05) is 24.7 Å². The maximum Gasteiger partial charge on any atom is 0.252 e. The molecule has 0 spiro atoms. The number of ether oxygens (including phenoxy) is 2. The molecule has 1 aliphatic rings. The molecule has 6 heteroatoms. The molecular weight excluding hydrogens is 306 g/mol. The van der Waals surface area contributed by atoms with Gasteiger partial charge in [0.1, 0.15) is 23.3 Å². The van der Waals surface area contributed by atoms with Crippen molar-refractivity contribution in [3.8, 4) is 17.6 Å². The minimum atomic E-state index is -0.201. The Morgan fingerprint density at radius 1 is 1.46 bits per heavy atom. The molecule has 1 unspecified atom stereocenters. The van der Waals surface area contributed by atoms with Gasteiger partial charge in [-0.2, -0.15) is 5.26 Å². The first kappa shape index (κ1) is 15.8. The summed E-state index contributed by atoms with van der Waals surface area (Å²) in [7, 11) is 1.63. The average molecular weight is 323 g/mol. The highest BCUT2D eigenvalue weighted by Crippen LogP contribution is 2.30. The average Bonchev–Trinajstić information content (AvgIpc) is 2.65. The maximum absolute atomic E-state index is 12.1. The first-order valence-corrected chi connectivity index (χ1v) is 7.63. The van der Waals surface area contributed by atoms with Crippen molar-refractivity contribution in [2.75, 3.05) is 20.3 Å². The van der Waals surface area contributed by atoms with E-state index < -0.39 is 0 Å². The van der Waals surface area contributed by atoms with E-state index in [1.54, 1.807) is 13.2 Å². The standard InChI is InChI=1S/C18H17N3O3/c1-23-16-5-3-13-6-12(11-24-17(13)7-16)9-21-18(22)14-2-4-15(8-19)20-10-14/h2-5,7,10,12H,6,9,11H2,1H3,(H,21,22). The van der Waals surface area contributed by atoms with Gasteiger partial charge in [0.25, 0.3) is 5.91 Å². The van der Waals surface area contributed by atoms with Crippen LogP contribution in [0.25, 0.3) is 0 Å². The van der Waals surface area contributed by atoms with E-state index in [9.17, 15) is 4.79 Å². The Labute approximate surface area is 140 Å². The molecule has 2 aromatic rings. The molecule has 24 heavy (non-hydrogen) atoms. The summed E-state index contributed by atoms with van der Waals surface area (Å²) >= 11 is 0. The number of nitrogens with zero attached hydrogens (tertiary/aromatic N) is 2. The van der Waals surface area contributed by atoms with E-state index in [1.807, 2.05) is 24.3 Å². The summed E-state index contributed by atoms with van der Waals surface area (Å²) in [6.07, 6.45) is 2.25. The monoisotopic (exact) mass is 323 g/mol. The van der Waals surface area contributed by atoms with Crippen molar-refractivity contribution < 1.29 is 14.3 Å². The van der Waals surface area contributed by atoms with Gasteiger partial charge in [-0.1, -0.05) is 6.07 Å². The van der Waals surface area contributed by atoms with Crippen LogP contribution in [-0.4, -0.2) is 31.2 Å². The fourth-order valence-electron chi connectivity index (χ4n) is 2.61. The van der Waals surface area contributed by atoms with Gasteiger partial charge >= 0.3 is 0 Å². The highest BCUT2D eigenvalue weighted by atomic mass is 16.5. The van der Waals surface area contributed by atoms with E-state index in [1.165, 1.54) is 12.3 Å². The summed E-state index contributed by atoms with van der Waals surface area (Å²) in [6.45, 7) is 1.07. The minimum Gasteiger partial charge on any atom is -0.497 e. The first-order valence-electron chi connectivity index (χ1n) is 7.63. The Bertz CT molecular complexity index is 781. The van der Waals surface area contributed by atoms with Crippen LogP contribution in [0.15, 0.2) is 36.5 Å². The predicted octanol–water partition coefficient (Wildman–Crippen LogP) is 1.94. The number of methoxy groups -OCH3 is 1.